The number of hydrogen-bond donors (Lipinski definition) is 1. The Morgan fingerprint density at radius 1 is 1.69 bits per heavy atom. The molecule has 1 N–H and O–H groups in total. The van der Waals surface area contributed by atoms with Gasteiger partial charge < -0.3 is 9.62 Å². The van der Waals surface area contributed by atoms with Crippen LogP contribution in [0.3, 0.4) is 0 Å². The lowest BCUT2D eigenvalue weighted by molar-refractivity contribution is -0.492. The molecule has 0 saturated carbocycles. The van der Waals surface area contributed by atoms with E-state index in [4.69, 9.17) is 4.55 Å². The van der Waals surface area contributed by atoms with Crippen molar-refractivity contribution in [2.75, 3.05) is 0 Å². The summed E-state index contributed by atoms with van der Waals surface area (Å²) in [5.74, 6) is 0. The zero-order valence-electron chi connectivity index (χ0n) is 8.95. The van der Waals surface area contributed by atoms with Crippen molar-refractivity contribution >= 4 is 16.3 Å². The van der Waals surface area contributed by atoms with E-state index in [0.717, 1.165) is 12.5 Å². The molecule has 0 spiro atoms. The van der Waals surface area contributed by atoms with Crippen molar-refractivity contribution in [1.82, 2.24) is 0 Å². The predicted molar refractivity (Wildman–Crippen MR) is 57.1 cm³/mol. The van der Waals surface area contributed by atoms with E-state index in [-0.39, 0.29) is 11.6 Å². The molecule has 7 heteroatoms. The van der Waals surface area contributed by atoms with Gasteiger partial charge in [0, 0.05) is 6.42 Å². The smallest absolute Gasteiger partial charge is 0.329 e. The van der Waals surface area contributed by atoms with Gasteiger partial charge in [-0.1, -0.05) is 6.92 Å². The standard InChI is InChI=1S/C9H13NO5S/c1-3-7(2)10(11)6-8-4-5-15-9(8)16(12,13)14/h4-7H,3H2,1-2H3,(H,12,13,14). The molecular weight excluding hydrogens is 234 g/mol. The van der Waals surface area contributed by atoms with Gasteiger partial charge in [-0.2, -0.15) is 8.42 Å². The van der Waals surface area contributed by atoms with E-state index < -0.39 is 15.2 Å². The van der Waals surface area contributed by atoms with E-state index in [9.17, 15) is 13.6 Å². The molecule has 1 heterocycles. The van der Waals surface area contributed by atoms with Crippen LogP contribution < -0.4 is 0 Å². The first kappa shape index (κ1) is 12.7. The number of furan rings is 1. The maximum Gasteiger partial charge on any atom is 0.329 e. The van der Waals surface area contributed by atoms with Crippen LogP contribution in [0.15, 0.2) is 21.8 Å². The molecule has 1 rings (SSSR count). The molecular formula is C9H13NO5S. The van der Waals surface area contributed by atoms with Crippen LogP contribution in [0.4, 0.5) is 0 Å². The Balaban J connectivity index is 3.12. The molecule has 0 radical (unpaired) electrons. The van der Waals surface area contributed by atoms with Gasteiger partial charge in [0.2, 0.25) is 0 Å². The first-order valence-electron chi connectivity index (χ1n) is 4.71. The van der Waals surface area contributed by atoms with Crippen molar-refractivity contribution in [3.63, 3.8) is 0 Å². The lowest BCUT2D eigenvalue weighted by Gasteiger charge is -2.09. The van der Waals surface area contributed by atoms with Crippen LogP contribution in [-0.2, 0) is 10.1 Å². The number of rotatable bonds is 4. The van der Waals surface area contributed by atoms with Crippen molar-refractivity contribution < 1.29 is 22.1 Å². The molecule has 90 valence electrons. The topological polar surface area (TPSA) is 93.6 Å². The second kappa shape index (κ2) is 4.67. The summed E-state index contributed by atoms with van der Waals surface area (Å²) in [5.41, 5.74) is 0.0396. The molecule has 16 heavy (non-hydrogen) atoms. The Labute approximate surface area is 93.5 Å². The quantitative estimate of drug-likeness (QED) is 0.284. The number of hydrogen-bond acceptors (Lipinski definition) is 4. The second-order valence-electron chi connectivity index (χ2n) is 3.38. The molecule has 6 nitrogen and oxygen atoms in total. The van der Waals surface area contributed by atoms with Crippen LogP contribution in [0.2, 0.25) is 0 Å². The fourth-order valence-corrected chi connectivity index (χ4v) is 1.65. The fourth-order valence-electron chi connectivity index (χ4n) is 1.05. The SMILES string of the molecule is CCC(C)[N+]([O-])=Cc1ccoc1S(=O)(=O)O. The van der Waals surface area contributed by atoms with Gasteiger partial charge >= 0.3 is 10.1 Å². The lowest BCUT2D eigenvalue weighted by atomic mass is 10.2. The molecule has 1 unspecified atom stereocenters. The first-order valence-corrected chi connectivity index (χ1v) is 6.15. The van der Waals surface area contributed by atoms with Gasteiger partial charge in [-0.25, -0.2) is 4.74 Å². The molecule has 0 fully saturated rings. The molecule has 1 aromatic rings. The van der Waals surface area contributed by atoms with Crippen LogP contribution in [0.5, 0.6) is 0 Å². The van der Waals surface area contributed by atoms with E-state index in [1.54, 1.807) is 6.92 Å². The maximum absolute atomic E-state index is 11.5. The van der Waals surface area contributed by atoms with Gasteiger partial charge in [-0.15, -0.1) is 0 Å². The summed E-state index contributed by atoms with van der Waals surface area (Å²) < 4.78 is 35.8. The van der Waals surface area contributed by atoms with Crippen molar-refractivity contribution in [3.8, 4) is 0 Å². The van der Waals surface area contributed by atoms with E-state index >= 15 is 0 Å². The van der Waals surface area contributed by atoms with Gasteiger partial charge in [0.25, 0.3) is 5.09 Å². The minimum atomic E-state index is -4.43. The Kier molecular flexibility index (Phi) is 3.71. The largest absolute Gasteiger partial charge is 0.624 e. The number of nitrogens with zero attached hydrogens (tertiary/aromatic N) is 1. The van der Waals surface area contributed by atoms with E-state index in [0.29, 0.717) is 11.2 Å². The van der Waals surface area contributed by atoms with Crippen LogP contribution in [0.25, 0.3) is 0 Å². The Hall–Kier alpha value is -1.34. The highest BCUT2D eigenvalue weighted by molar-refractivity contribution is 7.85. The zero-order chi connectivity index (χ0) is 12.3. The van der Waals surface area contributed by atoms with Crippen molar-refractivity contribution in [2.24, 2.45) is 0 Å². The van der Waals surface area contributed by atoms with Gasteiger partial charge in [0.1, 0.15) is 0 Å². The molecule has 0 bridgehead atoms. The van der Waals surface area contributed by atoms with Crippen LogP contribution >= 0.6 is 0 Å². The third-order valence-corrected chi connectivity index (χ3v) is 2.98. The molecule has 0 aliphatic heterocycles. The lowest BCUT2D eigenvalue weighted by Crippen LogP contribution is -2.18. The summed E-state index contributed by atoms with van der Waals surface area (Å²) in [5, 5.41) is 10.8. The van der Waals surface area contributed by atoms with Crippen LogP contribution in [0.1, 0.15) is 25.8 Å². The fraction of sp³-hybridized carbons (Fsp3) is 0.444. The maximum atomic E-state index is 11.5. The summed E-state index contributed by atoms with van der Waals surface area (Å²) in [6.45, 7) is 3.54. The van der Waals surface area contributed by atoms with Crippen molar-refractivity contribution in [2.45, 2.75) is 31.4 Å². The van der Waals surface area contributed by atoms with Crippen LogP contribution in [-0.4, -0.2) is 30.0 Å². The predicted octanol–water partition coefficient (Wildman–Crippen LogP) is 1.25. The third kappa shape index (κ3) is 2.83. The summed E-state index contributed by atoms with van der Waals surface area (Å²) in [7, 11) is -4.43. The second-order valence-corrected chi connectivity index (χ2v) is 4.71. The molecule has 0 aromatic carbocycles. The first-order chi connectivity index (χ1) is 7.36. The summed E-state index contributed by atoms with van der Waals surface area (Å²) >= 11 is 0. The Bertz CT molecular complexity index is 488. The third-order valence-electron chi connectivity index (χ3n) is 2.18. The minimum Gasteiger partial charge on any atom is -0.624 e. The average molecular weight is 247 g/mol. The highest BCUT2D eigenvalue weighted by Crippen LogP contribution is 2.14. The monoisotopic (exact) mass is 247 g/mol. The summed E-state index contributed by atoms with van der Waals surface area (Å²) in [6.07, 6.45) is 2.80. The highest BCUT2D eigenvalue weighted by Gasteiger charge is 2.20. The zero-order valence-corrected chi connectivity index (χ0v) is 9.77. The van der Waals surface area contributed by atoms with E-state index in [1.165, 1.54) is 6.07 Å². The van der Waals surface area contributed by atoms with Crippen LogP contribution in [0, 0.1) is 5.21 Å². The number of hydroxylamine groups is 1. The molecule has 0 aliphatic carbocycles. The summed E-state index contributed by atoms with van der Waals surface area (Å²) in [4.78, 5) is 0. The minimum absolute atomic E-state index is 0.0396. The van der Waals surface area contributed by atoms with E-state index in [2.05, 4.69) is 4.42 Å². The van der Waals surface area contributed by atoms with Gasteiger partial charge in [0.15, 0.2) is 12.3 Å². The molecule has 1 atom stereocenters. The molecule has 0 saturated heterocycles. The molecule has 0 aliphatic rings. The van der Waals surface area contributed by atoms with Gasteiger partial charge in [-0.05, 0) is 13.0 Å². The van der Waals surface area contributed by atoms with Crippen molar-refractivity contribution in [3.05, 3.63) is 23.1 Å². The Morgan fingerprint density at radius 3 is 2.81 bits per heavy atom. The van der Waals surface area contributed by atoms with Gasteiger partial charge in [0.05, 0.1) is 11.8 Å². The van der Waals surface area contributed by atoms with Gasteiger partial charge in [-0.3, -0.25) is 4.55 Å². The normalized spacial score (nSPS) is 15.1. The molecule has 1 aromatic heterocycles. The average Bonchev–Trinajstić information content (AvgIpc) is 2.63. The highest BCUT2D eigenvalue weighted by atomic mass is 32.2. The Morgan fingerprint density at radius 2 is 2.31 bits per heavy atom. The van der Waals surface area contributed by atoms with E-state index in [1.807, 2.05) is 6.92 Å². The van der Waals surface area contributed by atoms with Crippen molar-refractivity contribution in [1.29, 1.82) is 0 Å². The summed E-state index contributed by atoms with van der Waals surface area (Å²) in [6, 6.07) is 1.03. The molecule has 0 amide bonds.